The van der Waals surface area contributed by atoms with Crippen molar-refractivity contribution in [1.29, 1.82) is 0 Å². The van der Waals surface area contributed by atoms with E-state index in [9.17, 15) is 25.2 Å². The van der Waals surface area contributed by atoms with E-state index >= 15 is 0 Å². The number of para-hydroxylation sites is 1. The Morgan fingerprint density at radius 1 is 0.944 bits per heavy atom. The third kappa shape index (κ3) is 4.28. The summed E-state index contributed by atoms with van der Waals surface area (Å²) in [6.45, 7) is -0.584. The Bertz CT molecular complexity index is 1390. The van der Waals surface area contributed by atoms with E-state index in [1.54, 1.807) is 71.4 Å². The van der Waals surface area contributed by atoms with Crippen LogP contribution in [0, 0.1) is 0 Å². The third-order valence-corrected chi connectivity index (χ3v) is 6.61. The van der Waals surface area contributed by atoms with Crippen LogP contribution in [0.4, 0.5) is 0 Å². The zero-order valence-electron chi connectivity index (χ0n) is 18.9. The van der Waals surface area contributed by atoms with Gasteiger partial charge in [-0.2, -0.15) is 0 Å². The Hall–Kier alpha value is -3.24. The standard InChI is InChI=1S/C27H24ClNO7/c28-17-10-6-12-19-22(17)20(35-26-25(33)24(32)21(14-30)36-27(26)34)13-29(19)18-11-5-4-9-16(18)23(31)15-7-2-1-3-8-15/h1-13,21,24-27,30,32-34H,14H2/t21-,24+,25+,26-,27-/m1/s1. The lowest BCUT2D eigenvalue weighted by atomic mass is 9.99. The number of aliphatic hydroxyl groups is 4. The highest BCUT2D eigenvalue weighted by Gasteiger charge is 2.45. The number of hydrogen-bond donors (Lipinski definition) is 4. The fourth-order valence-electron chi connectivity index (χ4n) is 4.46. The van der Waals surface area contributed by atoms with Crippen molar-refractivity contribution in [2.75, 3.05) is 6.61 Å². The van der Waals surface area contributed by atoms with E-state index in [1.807, 2.05) is 12.1 Å². The van der Waals surface area contributed by atoms with Gasteiger partial charge in [0.05, 0.1) is 34.4 Å². The first-order valence-electron chi connectivity index (χ1n) is 11.4. The van der Waals surface area contributed by atoms with Crippen LogP contribution in [-0.2, 0) is 4.74 Å². The molecule has 0 spiro atoms. The van der Waals surface area contributed by atoms with Crippen molar-refractivity contribution in [2.45, 2.75) is 30.7 Å². The molecule has 1 aromatic heterocycles. The highest BCUT2D eigenvalue weighted by molar-refractivity contribution is 6.36. The predicted octanol–water partition coefficient (Wildman–Crippen LogP) is 2.69. The number of nitrogens with zero attached hydrogens (tertiary/aromatic N) is 1. The van der Waals surface area contributed by atoms with Crippen molar-refractivity contribution in [1.82, 2.24) is 4.57 Å². The van der Waals surface area contributed by atoms with Crippen molar-refractivity contribution in [2.24, 2.45) is 0 Å². The molecule has 0 unspecified atom stereocenters. The topological polar surface area (TPSA) is 121 Å². The minimum atomic E-state index is -1.62. The summed E-state index contributed by atoms with van der Waals surface area (Å²) in [6.07, 6.45) is -5.55. The minimum absolute atomic E-state index is 0.165. The molecule has 1 aliphatic heterocycles. The molecule has 9 heteroatoms. The van der Waals surface area contributed by atoms with Crippen LogP contribution in [0.5, 0.6) is 5.75 Å². The molecule has 1 saturated heterocycles. The van der Waals surface area contributed by atoms with Gasteiger partial charge in [-0.3, -0.25) is 4.79 Å². The Morgan fingerprint density at radius 2 is 1.67 bits per heavy atom. The van der Waals surface area contributed by atoms with Gasteiger partial charge in [0, 0.05) is 11.1 Å². The Balaban J connectivity index is 1.60. The number of ether oxygens (including phenoxy) is 2. The van der Waals surface area contributed by atoms with Crippen molar-refractivity contribution in [3.8, 4) is 11.4 Å². The maximum Gasteiger partial charge on any atom is 0.195 e. The summed E-state index contributed by atoms with van der Waals surface area (Å²) in [5.41, 5.74) is 2.19. The van der Waals surface area contributed by atoms with Gasteiger partial charge in [-0.1, -0.05) is 60.1 Å². The maximum absolute atomic E-state index is 13.3. The van der Waals surface area contributed by atoms with Gasteiger partial charge in [-0.05, 0) is 24.3 Å². The Kier molecular flexibility index (Phi) is 6.81. The van der Waals surface area contributed by atoms with Crippen molar-refractivity contribution in [3.63, 3.8) is 0 Å². The molecule has 2 heterocycles. The first kappa shape index (κ1) is 24.5. The highest BCUT2D eigenvalue weighted by Crippen LogP contribution is 2.38. The van der Waals surface area contributed by atoms with Crippen LogP contribution < -0.4 is 4.74 Å². The fraction of sp³-hybridized carbons (Fsp3) is 0.222. The van der Waals surface area contributed by atoms with Gasteiger partial charge in [0.15, 0.2) is 18.2 Å². The summed E-state index contributed by atoms with van der Waals surface area (Å²) in [6, 6.07) is 21.3. The van der Waals surface area contributed by atoms with Crippen LogP contribution >= 0.6 is 11.6 Å². The number of aromatic nitrogens is 1. The fourth-order valence-corrected chi connectivity index (χ4v) is 4.73. The SMILES string of the molecule is O=C(c1ccccc1)c1ccccc1-n1cc(O[C@@H]2[C@@H](O)[C@@H](O)[C@@H](CO)O[C@H]2O)c2c(Cl)cccc21. The smallest absolute Gasteiger partial charge is 0.195 e. The average molecular weight is 510 g/mol. The predicted molar refractivity (Wildman–Crippen MR) is 133 cm³/mol. The van der Waals surface area contributed by atoms with E-state index in [2.05, 4.69) is 0 Å². The lowest BCUT2D eigenvalue weighted by Gasteiger charge is -2.39. The molecular weight excluding hydrogens is 486 g/mol. The molecule has 5 rings (SSSR count). The van der Waals surface area contributed by atoms with Crippen LogP contribution in [0.1, 0.15) is 15.9 Å². The lowest BCUT2D eigenvalue weighted by molar-refractivity contribution is -0.280. The van der Waals surface area contributed by atoms with E-state index in [1.165, 1.54) is 0 Å². The van der Waals surface area contributed by atoms with E-state index in [4.69, 9.17) is 21.1 Å². The zero-order valence-corrected chi connectivity index (χ0v) is 19.7. The second-order valence-corrected chi connectivity index (χ2v) is 8.93. The van der Waals surface area contributed by atoms with Crippen LogP contribution in [-0.4, -0.2) is 68.1 Å². The van der Waals surface area contributed by atoms with Gasteiger partial charge in [0.2, 0.25) is 0 Å². The van der Waals surface area contributed by atoms with Gasteiger partial charge < -0.3 is 34.5 Å². The quantitative estimate of drug-likeness (QED) is 0.295. The largest absolute Gasteiger partial charge is 0.480 e. The molecule has 0 bridgehead atoms. The number of rotatable bonds is 6. The molecule has 8 nitrogen and oxygen atoms in total. The number of ketones is 1. The van der Waals surface area contributed by atoms with Crippen LogP contribution in [0.3, 0.4) is 0 Å². The first-order valence-corrected chi connectivity index (χ1v) is 11.7. The average Bonchev–Trinajstić information content (AvgIpc) is 3.28. The molecule has 5 atom stereocenters. The van der Waals surface area contributed by atoms with Crippen molar-refractivity contribution >= 4 is 28.3 Å². The van der Waals surface area contributed by atoms with Gasteiger partial charge in [-0.15, -0.1) is 0 Å². The van der Waals surface area contributed by atoms with Crippen molar-refractivity contribution < 1.29 is 34.7 Å². The second-order valence-electron chi connectivity index (χ2n) is 8.52. The summed E-state index contributed by atoms with van der Waals surface area (Å²) in [7, 11) is 0. The van der Waals surface area contributed by atoms with Crippen molar-refractivity contribution in [3.05, 3.63) is 95.1 Å². The molecule has 186 valence electrons. The molecule has 0 saturated carbocycles. The number of fused-ring (bicyclic) bond motifs is 1. The Morgan fingerprint density at radius 3 is 2.42 bits per heavy atom. The number of aliphatic hydroxyl groups excluding tert-OH is 4. The number of hydrogen-bond acceptors (Lipinski definition) is 7. The van der Waals surface area contributed by atoms with E-state index in [0.29, 0.717) is 32.7 Å². The van der Waals surface area contributed by atoms with Gasteiger partial charge >= 0.3 is 0 Å². The molecule has 4 aromatic rings. The molecule has 1 fully saturated rings. The lowest BCUT2D eigenvalue weighted by Crippen LogP contribution is -2.60. The van der Waals surface area contributed by atoms with Crippen LogP contribution in [0.15, 0.2) is 79.0 Å². The molecule has 3 aromatic carbocycles. The highest BCUT2D eigenvalue weighted by atomic mass is 35.5. The second kappa shape index (κ2) is 10.0. The monoisotopic (exact) mass is 509 g/mol. The summed E-state index contributed by atoms with van der Waals surface area (Å²) in [4.78, 5) is 13.3. The van der Waals surface area contributed by atoms with E-state index in [0.717, 1.165) is 0 Å². The van der Waals surface area contributed by atoms with E-state index < -0.39 is 37.3 Å². The maximum atomic E-state index is 13.3. The molecule has 0 aliphatic carbocycles. The number of benzene rings is 3. The normalized spacial score (nSPS) is 24.1. The molecule has 0 amide bonds. The summed E-state index contributed by atoms with van der Waals surface area (Å²) in [5, 5.41) is 41.4. The summed E-state index contributed by atoms with van der Waals surface area (Å²) >= 11 is 6.53. The van der Waals surface area contributed by atoms with Crippen LogP contribution in [0.25, 0.3) is 16.6 Å². The molecule has 0 radical (unpaired) electrons. The molecule has 1 aliphatic rings. The number of carbonyl (C=O) groups excluding carboxylic acids is 1. The van der Waals surface area contributed by atoms with Gasteiger partial charge in [-0.25, -0.2) is 0 Å². The number of halogens is 1. The zero-order chi connectivity index (χ0) is 25.4. The van der Waals surface area contributed by atoms with Gasteiger partial charge in [0.25, 0.3) is 0 Å². The summed E-state index contributed by atoms with van der Waals surface area (Å²) < 4.78 is 12.9. The van der Waals surface area contributed by atoms with Crippen LogP contribution in [0.2, 0.25) is 5.02 Å². The van der Waals surface area contributed by atoms with E-state index in [-0.39, 0.29) is 11.5 Å². The number of carbonyl (C=O) groups is 1. The third-order valence-electron chi connectivity index (χ3n) is 6.29. The molecule has 36 heavy (non-hydrogen) atoms. The first-order chi connectivity index (χ1) is 17.4. The van der Waals surface area contributed by atoms with Gasteiger partial charge in [0.1, 0.15) is 24.1 Å². The minimum Gasteiger partial charge on any atom is -0.480 e. The molecule has 4 N–H and O–H groups in total. The molecular formula is C27H24ClNO7. The Labute approximate surface area is 211 Å². The summed E-state index contributed by atoms with van der Waals surface area (Å²) in [5.74, 6) is 0.0427.